The summed E-state index contributed by atoms with van der Waals surface area (Å²) in [7, 11) is 0. The molecule has 3 aromatic rings. The zero-order chi connectivity index (χ0) is 14.3. The van der Waals surface area contributed by atoms with Crippen molar-refractivity contribution in [1.29, 1.82) is 0 Å². The van der Waals surface area contributed by atoms with Gasteiger partial charge in [0.25, 0.3) is 0 Å². The predicted molar refractivity (Wildman–Crippen MR) is 83.4 cm³/mol. The fourth-order valence-corrected chi connectivity index (χ4v) is 2.26. The van der Waals surface area contributed by atoms with Gasteiger partial charge in [0.05, 0.1) is 6.33 Å². The van der Waals surface area contributed by atoms with Gasteiger partial charge in [-0.05, 0) is 25.0 Å². The number of nitrogens with one attached hydrogen (secondary N) is 1. The van der Waals surface area contributed by atoms with E-state index in [1.54, 1.807) is 0 Å². The quantitative estimate of drug-likeness (QED) is 0.676. The molecule has 0 fully saturated rings. The van der Waals surface area contributed by atoms with Crippen LogP contribution in [0.2, 0.25) is 0 Å². The summed E-state index contributed by atoms with van der Waals surface area (Å²) < 4.78 is 4.26. The third-order valence-corrected chi connectivity index (χ3v) is 3.37. The fourth-order valence-electron chi connectivity index (χ4n) is 2.26. The number of hydrogen-bond donors (Lipinski definition) is 1. The highest BCUT2D eigenvalue weighted by molar-refractivity contribution is 5.52. The van der Waals surface area contributed by atoms with Gasteiger partial charge in [-0.1, -0.05) is 18.2 Å². The number of imidazole rings is 2. The zero-order valence-electron chi connectivity index (χ0n) is 11.9. The number of unbranched alkanes of at least 4 members (excludes halogenated alkanes) is 1. The normalized spacial score (nSPS) is 10.7. The standard InChI is InChI=1S/C16H19N5/c1-2-6-15(7-3-1)19-16-18-9-13-21(16)11-5-4-10-20-12-8-17-14-20/h1-3,6-9,12-14H,4-5,10-11H2,(H,18,19). The summed E-state index contributed by atoms with van der Waals surface area (Å²) in [6, 6.07) is 10.1. The molecule has 0 saturated heterocycles. The smallest absolute Gasteiger partial charge is 0.207 e. The number of anilines is 2. The predicted octanol–water partition coefficient (Wildman–Crippen LogP) is 3.30. The molecule has 2 aromatic heterocycles. The summed E-state index contributed by atoms with van der Waals surface area (Å²) in [4.78, 5) is 8.43. The van der Waals surface area contributed by atoms with E-state index in [2.05, 4.69) is 24.4 Å². The van der Waals surface area contributed by atoms with Crippen molar-refractivity contribution in [2.45, 2.75) is 25.9 Å². The molecular formula is C16H19N5. The van der Waals surface area contributed by atoms with Crippen molar-refractivity contribution in [2.75, 3.05) is 5.32 Å². The van der Waals surface area contributed by atoms with Crippen molar-refractivity contribution in [3.63, 3.8) is 0 Å². The number of aryl methyl sites for hydroxylation is 2. The Morgan fingerprint density at radius 1 is 0.952 bits per heavy atom. The fraction of sp³-hybridized carbons (Fsp3) is 0.250. The van der Waals surface area contributed by atoms with Crippen LogP contribution >= 0.6 is 0 Å². The molecule has 0 spiro atoms. The van der Waals surface area contributed by atoms with E-state index in [0.29, 0.717) is 0 Å². The molecule has 0 aliphatic carbocycles. The van der Waals surface area contributed by atoms with Crippen LogP contribution in [-0.2, 0) is 13.1 Å². The maximum absolute atomic E-state index is 4.38. The maximum Gasteiger partial charge on any atom is 0.207 e. The number of aromatic nitrogens is 4. The molecule has 5 nitrogen and oxygen atoms in total. The molecule has 3 rings (SSSR count). The number of nitrogens with zero attached hydrogens (tertiary/aromatic N) is 4. The third-order valence-electron chi connectivity index (χ3n) is 3.37. The molecule has 0 aliphatic heterocycles. The lowest BCUT2D eigenvalue weighted by Crippen LogP contribution is -2.04. The average molecular weight is 281 g/mol. The molecule has 0 amide bonds. The molecule has 1 aromatic carbocycles. The summed E-state index contributed by atoms with van der Waals surface area (Å²) in [5.41, 5.74) is 1.06. The Labute approximate surface area is 124 Å². The second-order valence-corrected chi connectivity index (χ2v) is 4.94. The minimum atomic E-state index is 0.892. The van der Waals surface area contributed by atoms with Crippen molar-refractivity contribution < 1.29 is 0 Å². The first-order valence-electron chi connectivity index (χ1n) is 7.21. The van der Waals surface area contributed by atoms with E-state index >= 15 is 0 Å². The number of rotatable bonds is 7. The largest absolute Gasteiger partial charge is 0.337 e. The first-order valence-corrected chi connectivity index (χ1v) is 7.21. The highest BCUT2D eigenvalue weighted by atomic mass is 15.2. The highest BCUT2D eigenvalue weighted by Gasteiger charge is 2.02. The van der Waals surface area contributed by atoms with Crippen LogP contribution in [0.5, 0.6) is 0 Å². The summed E-state index contributed by atoms with van der Waals surface area (Å²) >= 11 is 0. The van der Waals surface area contributed by atoms with Gasteiger partial charge >= 0.3 is 0 Å². The summed E-state index contributed by atoms with van der Waals surface area (Å²) in [5.74, 6) is 0.892. The van der Waals surface area contributed by atoms with Gasteiger partial charge in [0.2, 0.25) is 5.95 Å². The van der Waals surface area contributed by atoms with Crippen molar-refractivity contribution in [3.05, 3.63) is 61.4 Å². The SMILES string of the molecule is c1ccc(Nc2nccn2CCCCn2ccnc2)cc1. The molecule has 0 aliphatic rings. The van der Waals surface area contributed by atoms with Crippen LogP contribution < -0.4 is 5.32 Å². The lowest BCUT2D eigenvalue weighted by atomic mass is 10.3. The first kappa shape index (κ1) is 13.4. The van der Waals surface area contributed by atoms with E-state index in [1.807, 2.05) is 61.4 Å². The summed E-state index contributed by atoms with van der Waals surface area (Å²) in [6.45, 7) is 1.97. The molecule has 0 unspecified atom stereocenters. The molecular weight excluding hydrogens is 262 g/mol. The van der Waals surface area contributed by atoms with Gasteiger partial charge in [0.1, 0.15) is 0 Å². The molecule has 21 heavy (non-hydrogen) atoms. The molecule has 0 atom stereocenters. The van der Waals surface area contributed by atoms with Gasteiger partial charge in [-0.15, -0.1) is 0 Å². The van der Waals surface area contributed by atoms with Gasteiger partial charge < -0.3 is 14.5 Å². The topological polar surface area (TPSA) is 47.7 Å². The zero-order valence-corrected chi connectivity index (χ0v) is 11.9. The highest BCUT2D eigenvalue weighted by Crippen LogP contribution is 2.14. The Balaban J connectivity index is 1.51. The van der Waals surface area contributed by atoms with Gasteiger partial charge in [0.15, 0.2) is 0 Å². The Bertz CT molecular complexity index is 642. The van der Waals surface area contributed by atoms with Crippen molar-refractivity contribution in [1.82, 2.24) is 19.1 Å². The van der Waals surface area contributed by atoms with E-state index in [-0.39, 0.29) is 0 Å². The van der Waals surface area contributed by atoms with E-state index in [0.717, 1.165) is 37.6 Å². The molecule has 2 heterocycles. The van der Waals surface area contributed by atoms with Gasteiger partial charge in [-0.25, -0.2) is 9.97 Å². The summed E-state index contributed by atoms with van der Waals surface area (Å²) in [5, 5.41) is 3.34. The molecule has 0 saturated carbocycles. The number of hydrogen-bond acceptors (Lipinski definition) is 3. The van der Waals surface area contributed by atoms with Crippen LogP contribution in [0.3, 0.4) is 0 Å². The van der Waals surface area contributed by atoms with Crippen molar-refractivity contribution in [3.8, 4) is 0 Å². The van der Waals surface area contributed by atoms with Crippen LogP contribution in [0.4, 0.5) is 11.6 Å². The molecule has 0 bridgehead atoms. The maximum atomic E-state index is 4.38. The average Bonchev–Trinajstić information content (AvgIpc) is 3.17. The van der Waals surface area contributed by atoms with E-state index in [1.165, 1.54) is 0 Å². The van der Waals surface area contributed by atoms with Crippen molar-refractivity contribution in [2.24, 2.45) is 0 Å². The van der Waals surface area contributed by atoms with Crippen LogP contribution in [-0.4, -0.2) is 19.1 Å². The van der Waals surface area contributed by atoms with E-state index in [9.17, 15) is 0 Å². The lowest BCUT2D eigenvalue weighted by molar-refractivity contribution is 0.555. The molecule has 5 heteroatoms. The van der Waals surface area contributed by atoms with Crippen molar-refractivity contribution >= 4 is 11.6 Å². The monoisotopic (exact) mass is 281 g/mol. The third kappa shape index (κ3) is 3.72. The first-order chi connectivity index (χ1) is 10.4. The van der Waals surface area contributed by atoms with Crippen LogP contribution in [0.25, 0.3) is 0 Å². The Hall–Kier alpha value is -2.56. The van der Waals surface area contributed by atoms with Crippen LogP contribution in [0.15, 0.2) is 61.4 Å². The second-order valence-electron chi connectivity index (χ2n) is 4.94. The van der Waals surface area contributed by atoms with Gasteiger partial charge in [-0.3, -0.25) is 0 Å². The molecule has 0 radical (unpaired) electrons. The van der Waals surface area contributed by atoms with Gasteiger partial charge in [-0.2, -0.15) is 0 Å². The Morgan fingerprint density at radius 2 is 1.81 bits per heavy atom. The Kier molecular flexibility index (Phi) is 4.31. The van der Waals surface area contributed by atoms with Gasteiger partial charge in [0, 0.05) is 43.6 Å². The van der Waals surface area contributed by atoms with E-state index in [4.69, 9.17) is 0 Å². The molecule has 1 N–H and O–H groups in total. The minimum absolute atomic E-state index is 0.892. The summed E-state index contributed by atoms with van der Waals surface area (Å²) in [6.07, 6.45) is 11.8. The van der Waals surface area contributed by atoms with E-state index < -0.39 is 0 Å². The van der Waals surface area contributed by atoms with Crippen LogP contribution in [0, 0.1) is 0 Å². The number of benzene rings is 1. The minimum Gasteiger partial charge on any atom is -0.337 e. The molecule has 108 valence electrons. The second kappa shape index (κ2) is 6.74. The number of para-hydroxylation sites is 1. The van der Waals surface area contributed by atoms with Crippen LogP contribution in [0.1, 0.15) is 12.8 Å². The lowest BCUT2D eigenvalue weighted by Gasteiger charge is -2.10. The Morgan fingerprint density at radius 3 is 2.62 bits per heavy atom.